The van der Waals surface area contributed by atoms with Gasteiger partial charge in [0.2, 0.25) is 0 Å². The summed E-state index contributed by atoms with van der Waals surface area (Å²) in [6.07, 6.45) is 0.680. The van der Waals surface area contributed by atoms with Gasteiger partial charge in [0.05, 0.1) is 17.2 Å². The fraction of sp³-hybridized carbons (Fsp3) is 0.588. The third-order valence-corrected chi connectivity index (χ3v) is 4.36. The highest BCUT2D eigenvalue weighted by molar-refractivity contribution is 5.75. The molecular weight excluding hydrogens is 374 g/mol. The third-order valence-electron chi connectivity index (χ3n) is 4.36. The zero-order valence-corrected chi connectivity index (χ0v) is 15.9. The number of carboxylic acid groups (broad SMARTS) is 3. The SMILES string of the molecule is CCC[C@]1(C(=O)O)CCN(Cc2cc(=O)[nH]c(C)n2)C[C@@H]1O.O=CO.O=CO. The second kappa shape index (κ2) is 12.6. The van der Waals surface area contributed by atoms with E-state index in [4.69, 9.17) is 19.8 Å². The highest BCUT2D eigenvalue weighted by Gasteiger charge is 2.47. The Bertz CT molecular complexity index is 687. The Morgan fingerprint density at radius 2 is 1.96 bits per heavy atom. The molecule has 0 amide bonds. The number of β-amino-alcohol motifs (C(OH)–C–C–N with tert-alkyl or cyclic N) is 1. The molecule has 28 heavy (non-hydrogen) atoms. The molecule has 0 aromatic carbocycles. The first-order valence-corrected chi connectivity index (χ1v) is 8.57. The Morgan fingerprint density at radius 3 is 2.39 bits per heavy atom. The van der Waals surface area contributed by atoms with Gasteiger partial charge in [0.15, 0.2) is 0 Å². The highest BCUT2D eigenvalue weighted by atomic mass is 16.4. The predicted octanol–water partition coefficient (Wildman–Crippen LogP) is -0.0824. The Kier molecular flexibility index (Phi) is 11.3. The van der Waals surface area contributed by atoms with Gasteiger partial charge in [0, 0.05) is 19.2 Å². The van der Waals surface area contributed by atoms with E-state index in [1.807, 2.05) is 11.8 Å². The lowest BCUT2D eigenvalue weighted by Crippen LogP contribution is -2.54. The zero-order chi connectivity index (χ0) is 21.7. The number of nitrogens with zero attached hydrogens (tertiary/aromatic N) is 2. The lowest BCUT2D eigenvalue weighted by Gasteiger charge is -2.42. The van der Waals surface area contributed by atoms with Crippen molar-refractivity contribution in [3.05, 3.63) is 27.9 Å². The van der Waals surface area contributed by atoms with E-state index in [0.29, 0.717) is 37.4 Å². The molecule has 0 spiro atoms. The average Bonchev–Trinajstić information content (AvgIpc) is 2.58. The summed E-state index contributed by atoms with van der Waals surface area (Å²) in [6, 6.07) is 1.43. The number of rotatable bonds is 5. The van der Waals surface area contributed by atoms with E-state index >= 15 is 0 Å². The minimum Gasteiger partial charge on any atom is -0.483 e. The van der Waals surface area contributed by atoms with Gasteiger partial charge in [0.1, 0.15) is 5.82 Å². The molecule has 2 atom stereocenters. The number of aliphatic carboxylic acids is 1. The summed E-state index contributed by atoms with van der Waals surface area (Å²) < 4.78 is 0. The van der Waals surface area contributed by atoms with E-state index in [-0.39, 0.29) is 25.0 Å². The Morgan fingerprint density at radius 1 is 1.39 bits per heavy atom. The summed E-state index contributed by atoms with van der Waals surface area (Å²) >= 11 is 0. The first-order valence-electron chi connectivity index (χ1n) is 8.57. The summed E-state index contributed by atoms with van der Waals surface area (Å²) in [5.74, 6) is -0.377. The van der Waals surface area contributed by atoms with E-state index < -0.39 is 17.5 Å². The molecule has 5 N–H and O–H groups in total. The van der Waals surface area contributed by atoms with Crippen LogP contribution in [0.15, 0.2) is 10.9 Å². The van der Waals surface area contributed by atoms with Gasteiger partial charge >= 0.3 is 5.97 Å². The number of nitrogens with one attached hydrogen (secondary N) is 1. The van der Waals surface area contributed by atoms with Crippen LogP contribution >= 0.6 is 0 Å². The van der Waals surface area contributed by atoms with Gasteiger partial charge in [0.25, 0.3) is 18.5 Å². The Balaban J connectivity index is 0.00000108. The van der Waals surface area contributed by atoms with Crippen molar-refractivity contribution in [1.82, 2.24) is 14.9 Å². The normalized spacial score (nSPS) is 21.3. The molecule has 1 aromatic rings. The molecule has 0 aliphatic carbocycles. The molecular formula is C17H27N3O8. The first-order chi connectivity index (χ1) is 13.2. The van der Waals surface area contributed by atoms with Gasteiger partial charge in [-0.25, -0.2) is 4.98 Å². The van der Waals surface area contributed by atoms with Crippen molar-refractivity contribution in [2.24, 2.45) is 5.41 Å². The molecule has 0 saturated carbocycles. The van der Waals surface area contributed by atoms with Gasteiger partial charge in [-0.1, -0.05) is 13.3 Å². The van der Waals surface area contributed by atoms with E-state index in [1.54, 1.807) is 6.92 Å². The van der Waals surface area contributed by atoms with Crippen LogP contribution in [0.1, 0.15) is 37.7 Å². The maximum Gasteiger partial charge on any atom is 0.312 e. The summed E-state index contributed by atoms with van der Waals surface area (Å²) in [4.78, 5) is 48.6. The molecule has 0 bridgehead atoms. The largest absolute Gasteiger partial charge is 0.483 e. The Hall–Kier alpha value is -2.79. The number of carbonyl (C=O) groups is 3. The summed E-state index contributed by atoms with van der Waals surface area (Å²) in [5.41, 5.74) is -0.624. The number of H-pyrrole nitrogens is 1. The zero-order valence-electron chi connectivity index (χ0n) is 15.9. The van der Waals surface area contributed by atoms with Crippen LogP contribution < -0.4 is 5.56 Å². The van der Waals surface area contributed by atoms with Gasteiger partial charge < -0.3 is 25.4 Å². The number of hydrogen-bond acceptors (Lipinski definition) is 7. The molecule has 1 fully saturated rings. The van der Waals surface area contributed by atoms with Crippen LogP contribution in [0.2, 0.25) is 0 Å². The van der Waals surface area contributed by atoms with Crippen LogP contribution in [0.25, 0.3) is 0 Å². The van der Waals surface area contributed by atoms with Crippen LogP contribution in [0.4, 0.5) is 0 Å². The summed E-state index contributed by atoms with van der Waals surface area (Å²) in [6.45, 7) is 4.42. The number of aryl methyl sites for hydroxylation is 1. The number of aromatic nitrogens is 2. The molecule has 0 unspecified atom stereocenters. The lowest BCUT2D eigenvalue weighted by molar-refractivity contribution is -0.164. The maximum atomic E-state index is 11.6. The molecule has 158 valence electrons. The molecule has 2 rings (SSSR count). The molecule has 0 radical (unpaired) electrons. The van der Waals surface area contributed by atoms with Crippen molar-refractivity contribution >= 4 is 18.9 Å². The lowest BCUT2D eigenvalue weighted by atomic mass is 9.73. The second-order valence-corrected chi connectivity index (χ2v) is 6.25. The molecule has 1 saturated heterocycles. The monoisotopic (exact) mass is 401 g/mol. The Labute approximate surface area is 161 Å². The third kappa shape index (κ3) is 7.45. The smallest absolute Gasteiger partial charge is 0.312 e. The molecule has 1 aliphatic rings. The molecule has 11 heteroatoms. The highest BCUT2D eigenvalue weighted by Crippen LogP contribution is 2.37. The second-order valence-electron chi connectivity index (χ2n) is 6.25. The van der Waals surface area contributed by atoms with Gasteiger partial charge in [-0.2, -0.15) is 0 Å². The number of piperidine rings is 1. The fourth-order valence-electron chi connectivity index (χ4n) is 3.22. The number of aromatic amines is 1. The van der Waals surface area contributed by atoms with Crippen LogP contribution in [-0.2, 0) is 20.9 Å². The minimum atomic E-state index is -1.05. The number of aliphatic hydroxyl groups is 1. The fourth-order valence-corrected chi connectivity index (χ4v) is 3.22. The minimum absolute atomic E-state index is 0.203. The van der Waals surface area contributed by atoms with Gasteiger partial charge in [-0.3, -0.25) is 24.1 Å². The molecule has 1 aromatic heterocycles. The topological polar surface area (TPSA) is 181 Å². The van der Waals surface area contributed by atoms with Crippen LogP contribution in [0.3, 0.4) is 0 Å². The number of carboxylic acids is 1. The first kappa shape index (κ1) is 25.2. The van der Waals surface area contributed by atoms with Crippen LogP contribution in [0.5, 0.6) is 0 Å². The van der Waals surface area contributed by atoms with Crippen LogP contribution in [0, 0.1) is 12.3 Å². The van der Waals surface area contributed by atoms with Crippen molar-refractivity contribution in [1.29, 1.82) is 0 Å². The standard InChI is InChI=1S/C15H23N3O4.2CH2O2/c1-3-4-15(14(21)22)5-6-18(9-12(15)19)8-11-7-13(20)17-10(2)16-11;2*2-1-3/h7,12,19H,3-6,8-9H2,1-2H3,(H,21,22)(H,16,17,20);2*1H,(H,2,3)/t12-,15-;;/m0../s1. The van der Waals surface area contributed by atoms with Gasteiger partial charge in [-0.05, 0) is 26.3 Å². The van der Waals surface area contributed by atoms with Crippen molar-refractivity contribution < 1.29 is 34.8 Å². The molecule has 1 aliphatic heterocycles. The van der Waals surface area contributed by atoms with Crippen LogP contribution in [-0.4, -0.2) is 73.4 Å². The summed E-state index contributed by atoms with van der Waals surface area (Å²) in [5, 5.41) is 33.6. The van der Waals surface area contributed by atoms with Crippen molar-refractivity contribution in [3.8, 4) is 0 Å². The maximum absolute atomic E-state index is 11.6. The number of aliphatic hydroxyl groups excluding tert-OH is 1. The summed E-state index contributed by atoms with van der Waals surface area (Å²) in [7, 11) is 0. The molecule has 2 heterocycles. The van der Waals surface area contributed by atoms with E-state index in [2.05, 4.69) is 9.97 Å². The van der Waals surface area contributed by atoms with Crippen molar-refractivity contribution in [3.63, 3.8) is 0 Å². The van der Waals surface area contributed by atoms with E-state index in [1.165, 1.54) is 6.07 Å². The van der Waals surface area contributed by atoms with E-state index in [0.717, 1.165) is 6.42 Å². The predicted molar refractivity (Wildman–Crippen MR) is 97.9 cm³/mol. The average molecular weight is 401 g/mol. The number of hydrogen-bond donors (Lipinski definition) is 5. The number of likely N-dealkylation sites (tertiary alicyclic amines) is 1. The van der Waals surface area contributed by atoms with Gasteiger partial charge in [-0.15, -0.1) is 0 Å². The quantitative estimate of drug-likeness (QED) is 0.418. The van der Waals surface area contributed by atoms with E-state index in [9.17, 15) is 19.8 Å². The van der Waals surface area contributed by atoms with Crippen molar-refractivity contribution in [2.75, 3.05) is 13.1 Å². The van der Waals surface area contributed by atoms with Crippen molar-refractivity contribution in [2.45, 2.75) is 45.8 Å². The molecule has 11 nitrogen and oxygen atoms in total.